The van der Waals surface area contributed by atoms with Crippen LogP contribution in [0.2, 0.25) is 0 Å². The molecule has 3 fully saturated rings. The highest BCUT2D eigenvalue weighted by Gasteiger charge is 2.55. The molecule has 0 aromatic heterocycles. The van der Waals surface area contributed by atoms with E-state index in [2.05, 4.69) is 0 Å². The molecule has 0 saturated carbocycles. The number of aliphatic hydroxyl groups is 14. The highest BCUT2D eigenvalue weighted by Crippen LogP contribution is 2.34. The van der Waals surface area contributed by atoms with Crippen molar-refractivity contribution in [1.82, 2.24) is 0 Å². The third-order valence-corrected chi connectivity index (χ3v) is 9.15. The number of aliphatic hydroxyl groups excluding tert-OH is 14. The van der Waals surface area contributed by atoms with Crippen molar-refractivity contribution in [1.29, 1.82) is 0 Å². The fourth-order valence-electron chi connectivity index (χ4n) is 6.22. The molecule has 15 N–H and O–H groups in total. The number of ether oxygens (including phenoxy) is 9. The molecule has 0 aliphatic carbocycles. The van der Waals surface area contributed by atoms with Crippen molar-refractivity contribution < 1.29 is 124 Å². The predicted molar refractivity (Wildman–Crippen MR) is 169 cm³/mol. The molecule has 0 spiro atoms. The molecule has 3 saturated heterocycles. The second-order valence-electron chi connectivity index (χ2n) is 12.8. The first kappa shape index (κ1) is 47.9. The third-order valence-electron chi connectivity index (χ3n) is 9.15. The van der Waals surface area contributed by atoms with Crippen LogP contribution in [0.25, 0.3) is 0 Å². The van der Waals surface area contributed by atoms with Crippen molar-refractivity contribution in [2.45, 2.75) is 123 Å². The summed E-state index contributed by atoms with van der Waals surface area (Å²) in [5.41, 5.74) is 0. The smallest absolute Gasteiger partial charge is 0.335 e. The Morgan fingerprint density at radius 2 is 1.16 bits per heavy atom. The first-order valence-electron chi connectivity index (χ1n) is 17.2. The molecular formula is C30H54O25. The maximum absolute atomic E-state index is 11.2. The third kappa shape index (κ3) is 11.6. The molecular weight excluding hydrogens is 760 g/mol. The van der Waals surface area contributed by atoms with E-state index in [1.165, 1.54) is 7.11 Å². The van der Waals surface area contributed by atoms with Gasteiger partial charge in [0.25, 0.3) is 0 Å². The van der Waals surface area contributed by atoms with Crippen LogP contribution in [-0.4, -0.2) is 265 Å². The Morgan fingerprint density at radius 3 is 1.71 bits per heavy atom. The standard InChI is InChI=1S/C30H54O25/c1-47-23-11(7-34)51-30(26(21(23)44)49-5-3-32)55-24-12(8-35)50-28(19(42)16(24)39)54-25-13(9-48-4-2-31)52-29(20(43)17(25)40)53-22(10(36)6-33)15(38)14(37)18(41)27(45)46/h10-26,28-44H,2-9H2,1H3,(H,45,46)/t10?,11?,12?,13?,14?,15-,16-,17-,18-,19?,20?,21+,22+,23+,24+,25+,26?,28-,29-,30-/m1/s1. The van der Waals surface area contributed by atoms with E-state index in [0.29, 0.717) is 0 Å². The number of carbonyl (C=O) groups is 1. The topological polar surface area (TPSA) is 404 Å². The quantitative estimate of drug-likeness (QED) is 0.0451. The average molecular weight is 815 g/mol. The zero-order valence-corrected chi connectivity index (χ0v) is 29.5. The van der Waals surface area contributed by atoms with Gasteiger partial charge < -0.3 is 119 Å². The van der Waals surface area contributed by atoms with Crippen molar-refractivity contribution >= 4 is 5.97 Å². The maximum atomic E-state index is 11.2. The van der Waals surface area contributed by atoms with E-state index >= 15 is 0 Å². The van der Waals surface area contributed by atoms with Gasteiger partial charge in [-0.05, 0) is 0 Å². The molecule has 3 heterocycles. The summed E-state index contributed by atoms with van der Waals surface area (Å²) in [6.07, 6.45) is -37.6. The van der Waals surface area contributed by atoms with Gasteiger partial charge in [0.2, 0.25) is 0 Å². The van der Waals surface area contributed by atoms with Gasteiger partial charge in [0.05, 0.1) is 52.9 Å². The second-order valence-corrected chi connectivity index (χ2v) is 12.8. The van der Waals surface area contributed by atoms with Crippen molar-refractivity contribution in [2.75, 3.05) is 60.0 Å². The highest BCUT2D eigenvalue weighted by molar-refractivity contribution is 5.72. The molecule has 3 rings (SSSR count). The van der Waals surface area contributed by atoms with Gasteiger partial charge in [-0.1, -0.05) is 0 Å². The first-order valence-corrected chi connectivity index (χ1v) is 17.2. The number of aliphatic carboxylic acids is 1. The van der Waals surface area contributed by atoms with Crippen LogP contribution in [0, 0.1) is 0 Å². The Morgan fingerprint density at radius 1 is 0.636 bits per heavy atom. The van der Waals surface area contributed by atoms with Crippen LogP contribution in [0.3, 0.4) is 0 Å². The summed E-state index contributed by atoms with van der Waals surface area (Å²) >= 11 is 0. The summed E-state index contributed by atoms with van der Waals surface area (Å²) in [5, 5.41) is 153. The van der Waals surface area contributed by atoms with Gasteiger partial charge in [-0.15, -0.1) is 0 Å². The lowest BCUT2D eigenvalue weighted by atomic mass is 9.95. The Balaban J connectivity index is 1.83. The van der Waals surface area contributed by atoms with Crippen LogP contribution in [-0.2, 0) is 47.4 Å². The van der Waals surface area contributed by atoms with E-state index in [-0.39, 0.29) is 13.2 Å². The maximum Gasteiger partial charge on any atom is 0.335 e. The zero-order chi connectivity index (χ0) is 41.1. The van der Waals surface area contributed by atoms with Crippen molar-refractivity contribution in [3.05, 3.63) is 0 Å². The predicted octanol–water partition coefficient (Wildman–Crippen LogP) is -9.97. The normalized spacial score (nSPS) is 39.9. The SMILES string of the molecule is CO[C@H]1C(CO)O[C@H](O[C@H]2C(CO)O[C@H](O[C@H]3C(COCCO)O[C@H](O[C@@H](C(O)CO)[C@H](O)C(O)[C@@H](O)C(=O)O)C(O)[C@H]3O)C(O)[C@H]2O)C(OCCO)[C@H]1O. The lowest BCUT2D eigenvalue weighted by Gasteiger charge is -2.49. The van der Waals surface area contributed by atoms with Gasteiger partial charge >= 0.3 is 5.97 Å². The minimum atomic E-state index is -2.60. The summed E-state index contributed by atoms with van der Waals surface area (Å²) < 4.78 is 49.9. The minimum Gasteiger partial charge on any atom is -0.479 e. The van der Waals surface area contributed by atoms with E-state index in [0.717, 1.165) is 0 Å². The summed E-state index contributed by atoms with van der Waals surface area (Å²) in [4.78, 5) is 11.1. The van der Waals surface area contributed by atoms with Crippen molar-refractivity contribution in [3.8, 4) is 0 Å². The Kier molecular flexibility index (Phi) is 19.7. The number of methoxy groups -OCH3 is 1. The minimum absolute atomic E-state index is 0.309. The summed E-state index contributed by atoms with van der Waals surface area (Å²) in [5.74, 6) is -1.97. The molecule has 0 aromatic rings. The number of carboxylic acids is 1. The fourth-order valence-corrected chi connectivity index (χ4v) is 6.22. The average Bonchev–Trinajstić information content (AvgIpc) is 3.17. The monoisotopic (exact) mass is 814 g/mol. The lowest BCUT2D eigenvalue weighted by molar-refractivity contribution is -0.385. The molecule has 0 aromatic carbocycles. The number of hydrogen-bond acceptors (Lipinski definition) is 24. The van der Waals surface area contributed by atoms with E-state index in [1.807, 2.05) is 0 Å². The number of hydrogen-bond donors (Lipinski definition) is 15. The molecule has 3 aliphatic rings. The molecule has 0 bridgehead atoms. The van der Waals surface area contributed by atoms with Gasteiger partial charge in [0.1, 0.15) is 97.7 Å². The second kappa shape index (κ2) is 22.6. The van der Waals surface area contributed by atoms with Crippen LogP contribution < -0.4 is 0 Å². The lowest BCUT2D eigenvalue weighted by Crippen LogP contribution is -2.67. The van der Waals surface area contributed by atoms with Crippen molar-refractivity contribution in [2.24, 2.45) is 0 Å². The number of rotatable bonds is 22. The van der Waals surface area contributed by atoms with Gasteiger partial charge in [0.15, 0.2) is 25.0 Å². The largest absolute Gasteiger partial charge is 0.479 e. The van der Waals surface area contributed by atoms with Crippen LogP contribution in [0.5, 0.6) is 0 Å². The zero-order valence-electron chi connectivity index (χ0n) is 29.5. The van der Waals surface area contributed by atoms with Gasteiger partial charge in [-0.2, -0.15) is 0 Å². The first-order chi connectivity index (χ1) is 26.1. The molecule has 25 nitrogen and oxygen atoms in total. The Bertz CT molecular complexity index is 1110. The molecule has 25 heteroatoms. The molecule has 55 heavy (non-hydrogen) atoms. The van der Waals surface area contributed by atoms with E-state index < -0.39 is 168 Å². The molecule has 0 amide bonds. The molecule has 324 valence electrons. The van der Waals surface area contributed by atoms with Gasteiger partial charge in [-0.25, -0.2) is 4.79 Å². The summed E-state index contributed by atoms with van der Waals surface area (Å²) in [6.45, 7) is -4.93. The molecule has 3 aliphatic heterocycles. The van der Waals surface area contributed by atoms with Crippen LogP contribution in [0.15, 0.2) is 0 Å². The van der Waals surface area contributed by atoms with Crippen LogP contribution in [0.1, 0.15) is 0 Å². The van der Waals surface area contributed by atoms with Gasteiger partial charge in [-0.3, -0.25) is 0 Å². The summed E-state index contributed by atoms with van der Waals surface area (Å²) in [7, 11) is 1.23. The summed E-state index contributed by atoms with van der Waals surface area (Å²) in [6, 6.07) is 0. The van der Waals surface area contributed by atoms with Crippen LogP contribution in [0.4, 0.5) is 0 Å². The van der Waals surface area contributed by atoms with E-state index in [9.17, 15) is 76.3 Å². The van der Waals surface area contributed by atoms with E-state index in [4.69, 9.17) is 47.7 Å². The number of carboxylic acid groups (broad SMARTS) is 1. The molecule has 8 unspecified atom stereocenters. The molecule has 20 atom stereocenters. The van der Waals surface area contributed by atoms with Crippen LogP contribution >= 0.6 is 0 Å². The molecule has 0 radical (unpaired) electrons. The van der Waals surface area contributed by atoms with E-state index in [1.54, 1.807) is 0 Å². The highest BCUT2D eigenvalue weighted by atomic mass is 16.8. The van der Waals surface area contributed by atoms with Crippen molar-refractivity contribution in [3.63, 3.8) is 0 Å². The Labute approximate surface area is 312 Å². The fraction of sp³-hybridized carbons (Fsp3) is 0.967. The Hall–Kier alpha value is -1.45. The van der Waals surface area contributed by atoms with Gasteiger partial charge in [0, 0.05) is 7.11 Å².